The first-order chi connectivity index (χ1) is 11.8. The highest BCUT2D eigenvalue weighted by Gasteiger charge is 2.48. The number of benzene rings is 2. The number of carboxylic acid groups (broad SMARTS) is 1. The molecule has 0 saturated carbocycles. The Morgan fingerprint density at radius 3 is 2.48 bits per heavy atom. The fourth-order valence-electron chi connectivity index (χ4n) is 2.31. The number of hydrogen-bond acceptors (Lipinski definition) is 3. The summed E-state index contributed by atoms with van der Waals surface area (Å²) in [5, 5.41) is 9.33. The molecule has 1 aliphatic heterocycles. The molecule has 1 atom stereocenters. The third-order valence-electron chi connectivity index (χ3n) is 3.42. The first-order valence-electron chi connectivity index (χ1n) is 7.00. The Balaban J connectivity index is 2.02. The van der Waals surface area contributed by atoms with E-state index >= 15 is 0 Å². The Morgan fingerprint density at radius 2 is 1.88 bits per heavy atom. The average molecular weight is 387 g/mol. The molecule has 8 heteroatoms. The monoisotopic (exact) mass is 386 g/mol. The van der Waals surface area contributed by atoms with E-state index in [4.69, 9.17) is 21.4 Å². The Kier molecular flexibility index (Phi) is 4.71. The Morgan fingerprint density at radius 1 is 1.20 bits per heavy atom. The summed E-state index contributed by atoms with van der Waals surface area (Å²) in [6.45, 7) is 0. The number of hydrogen-bond donors (Lipinski definition) is 1. The quantitative estimate of drug-likeness (QED) is 0.779. The van der Waals surface area contributed by atoms with Crippen LogP contribution in [0, 0.1) is 0 Å². The molecule has 0 amide bonds. The van der Waals surface area contributed by atoms with Gasteiger partial charge in [0.2, 0.25) is 6.10 Å². The van der Waals surface area contributed by atoms with Crippen LogP contribution in [0.25, 0.3) is 6.08 Å². The number of carbonyl (C=O) groups is 1. The van der Waals surface area contributed by atoms with Gasteiger partial charge in [-0.25, -0.2) is 4.79 Å². The molecule has 0 bridgehead atoms. The SMILES string of the molecule is O=C(O)C1=Cc2cc(Cl)c(Sc3ccccc3)cc2O[C@@H]1C(F)(F)F. The molecule has 0 fully saturated rings. The molecule has 0 aliphatic carbocycles. The molecule has 2 aromatic carbocycles. The number of carboxylic acids is 1. The molecule has 1 aliphatic rings. The van der Waals surface area contributed by atoms with Crippen LogP contribution in [0.5, 0.6) is 5.75 Å². The lowest BCUT2D eigenvalue weighted by Crippen LogP contribution is -2.40. The molecule has 3 rings (SSSR count). The van der Waals surface area contributed by atoms with Crippen LogP contribution < -0.4 is 4.74 Å². The van der Waals surface area contributed by atoms with Crippen molar-refractivity contribution < 1.29 is 27.8 Å². The van der Waals surface area contributed by atoms with Gasteiger partial charge in [-0.1, -0.05) is 41.6 Å². The third-order valence-corrected chi connectivity index (χ3v) is 4.91. The van der Waals surface area contributed by atoms with Crippen molar-refractivity contribution >= 4 is 35.4 Å². The maximum Gasteiger partial charge on any atom is 0.430 e. The number of alkyl halides is 3. The molecule has 25 heavy (non-hydrogen) atoms. The lowest BCUT2D eigenvalue weighted by atomic mass is 10.0. The highest BCUT2D eigenvalue weighted by Crippen LogP contribution is 2.43. The van der Waals surface area contributed by atoms with E-state index in [9.17, 15) is 18.0 Å². The second-order valence-corrected chi connectivity index (χ2v) is 6.70. The van der Waals surface area contributed by atoms with Gasteiger partial charge in [0, 0.05) is 15.4 Å². The minimum absolute atomic E-state index is 0.0600. The summed E-state index contributed by atoms with van der Waals surface area (Å²) in [6.07, 6.45) is -6.41. The first-order valence-corrected chi connectivity index (χ1v) is 8.20. The standard InChI is InChI=1S/C17H10ClF3O3S/c18-12-7-9-6-11(16(22)23)15(17(19,20)21)24-13(9)8-14(12)25-10-4-2-1-3-5-10/h1-8,15H,(H,22,23)/t15-/m0/s1. The Hall–Kier alpha value is -2.12. The number of aliphatic carboxylic acids is 1. The summed E-state index contributed by atoms with van der Waals surface area (Å²) in [6, 6.07) is 12.0. The minimum Gasteiger partial charge on any atom is -0.478 e. The highest BCUT2D eigenvalue weighted by molar-refractivity contribution is 7.99. The molecule has 0 saturated heterocycles. The van der Waals surface area contributed by atoms with Crippen LogP contribution in [0.4, 0.5) is 13.2 Å². The van der Waals surface area contributed by atoms with Gasteiger partial charge in [0.05, 0.1) is 10.6 Å². The number of halogens is 4. The highest BCUT2D eigenvalue weighted by atomic mass is 35.5. The predicted octanol–water partition coefficient (Wildman–Crippen LogP) is 5.28. The zero-order chi connectivity index (χ0) is 18.2. The van der Waals surface area contributed by atoms with Crippen molar-refractivity contribution in [1.29, 1.82) is 0 Å². The van der Waals surface area contributed by atoms with Crippen molar-refractivity contribution in [2.45, 2.75) is 22.1 Å². The smallest absolute Gasteiger partial charge is 0.430 e. The van der Waals surface area contributed by atoms with Gasteiger partial charge in [0.25, 0.3) is 0 Å². The lowest BCUT2D eigenvalue weighted by Gasteiger charge is -2.27. The summed E-state index contributed by atoms with van der Waals surface area (Å²) >= 11 is 7.46. The van der Waals surface area contributed by atoms with Crippen LogP contribution in [-0.2, 0) is 4.79 Å². The summed E-state index contributed by atoms with van der Waals surface area (Å²) in [4.78, 5) is 12.5. The number of fused-ring (bicyclic) bond motifs is 1. The molecular weight excluding hydrogens is 377 g/mol. The largest absolute Gasteiger partial charge is 0.478 e. The van der Waals surface area contributed by atoms with Crippen molar-refractivity contribution in [3.05, 3.63) is 58.6 Å². The van der Waals surface area contributed by atoms with Gasteiger partial charge in [0.1, 0.15) is 5.75 Å². The van der Waals surface area contributed by atoms with Gasteiger partial charge in [-0.05, 0) is 30.3 Å². The second-order valence-electron chi connectivity index (χ2n) is 5.18. The molecule has 130 valence electrons. The van der Waals surface area contributed by atoms with Crippen molar-refractivity contribution in [1.82, 2.24) is 0 Å². The molecular formula is C17H10ClF3O3S. The summed E-state index contributed by atoms with van der Waals surface area (Å²) < 4.78 is 44.3. The van der Waals surface area contributed by atoms with Gasteiger partial charge >= 0.3 is 12.1 Å². The predicted molar refractivity (Wildman–Crippen MR) is 88.1 cm³/mol. The molecule has 3 nitrogen and oxygen atoms in total. The molecule has 0 spiro atoms. The second kappa shape index (κ2) is 6.65. The molecule has 0 unspecified atom stereocenters. The summed E-state index contributed by atoms with van der Waals surface area (Å²) in [7, 11) is 0. The van der Waals surface area contributed by atoms with Crippen LogP contribution in [0.15, 0.2) is 57.8 Å². The summed E-state index contributed by atoms with van der Waals surface area (Å²) in [5.74, 6) is -1.75. The van der Waals surface area contributed by atoms with Gasteiger partial charge in [-0.2, -0.15) is 13.2 Å². The molecule has 1 heterocycles. The lowest BCUT2D eigenvalue weighted by molar-refractivity contribution is -0.187. The van der Waals surface area contributed by atoms with E-state index in [1.165, 1.54) is 23.9 Å². The van der Waals surface area contributed by atoms with Crippen LogP contribution in [0.3, 0.4) is 0 Å². The normalized spacial score (nSPS) is 16.6. The van der Waals surface area contributed by atoms with Crippen LogP contribution in [0.2, 0.25) is 5.02 Å². The van der Waals surface area contributed by atoms with Crippen molar-refractivity contribution in [2.24, 2.45) is 0 Å². The van der Waals surface area contributed by atoms with Crippen molar-refractivity contribution in [2.75, 3.05) is 0 Å². The third kappa shape index (κ3) is 3.77. The van der Waals surface area contributed by atoms with E-state index < -0.39 is 23.8 Å². The van der Waals surface area contributed by atoms with Gasteiger partial charge in [-0.3, -0.25) is 0 Å². The molecule has 0 radical (unpaired) electrons. The molecule has 1 N–H and O–H groups in total. The van der Waals surface area contributed by atoms with Crippen molar-refractivity contribution in [3.8, 4) is 5.75 Å². The van der Waals surface area contributed by atoms with Gasteiger partial charge in [0.15, 0.2) is 0 Å². The van der Waals surface area contributed by atoms with E-state index in [0.717, 1.165) is 11.0 Å². The topological polar surface area (TPSA) is 46.5 Å². The minimum atomic E-state index is -4.84. The van der Waals surface area contributed by atoms with E-state index in [-0.39, 0.29) is 11.3 Å². The first kappa shape index (κ1) is 17.7. The van der Waals surface area contributed by atoms with E-state index in [1.807, 2.05) is 30.3 Å². The maximum atomic E-state index is 13.1. The van der Waals surface area contributed by atoms with E-state index in [0.29, 0.717) is 9.92 Å². The molecule has 0 aromatic heterocycles. The van der Waals surface area contributed by atoms with E-state index in [1.54, 1.807) is 0 Å². The fraction of sp³-hybridized carbons (Fsp3) is 0.118. The maximum absolute atomic E-state index is 13.1. The van der Waals surface area contributed by atoms with Gasteiger partial charge < -0.3 is 9.84 Å². The fourth-order valence-corrected chi connectivity index (χ4v) is 3.47. The van der Waals surface area contributed by atoms with Crippen LogP contribution >= 0.6 is 23.4 Å². The molecule has 2 aromatic rings. The number of rotatable bonds is 3. The zero-order valence-electron chi connectivity index (χ0n) is 12.4. The van der Waals surface area contributed by atoms with Gasteiger partial charge in [-0.15, -0.1) is 0 Å². The van der Waals surface area contributed by atoms with E-state index in [2.05, 4.69) is 0 Å². The number of ether oxygens (including phenoxy) is 1. The average Bonchev–Trinajstić information content (AvgIpc) is 2.54. The zero-order valence-corrected chi connectivity index (χ0v) is 14.0. The Bertz CT molecular complexity index is 850. The summed E-state index contributed by atoms with van der Waals surface area (Å²) in [5.41, 5.74) is -0.681. The van der Waals surface area contributed by atoms with Crippen molar-refractivity contribution in [3.63, 3.8) is 0 Å². The van der Waals surface area contributed by atoms with Crippen LogP contribution in [0.1, 0.15) is 5.56 Å². The van der Waals surface area contributed by atoms with Crippen LogP contribution in [-0.4, -0.2) is 23.4 Å². The Labute approximate surface area is 150 Å².